The van der Waals surface area contributed by atoms with Gasteiger partial charge in [-0.25, -0.2) is 0 Å². The molecule has 1 heterocycles. The molecule has 0 aliphatic carbocycles. The lowest BCUT2D eigenvalue weighted by atomic mass is 10.1. The fourth-order valence-corrected chi connectivity index (χ4v) is 3.05. The molecule has 0 radical (unpaired) electrons. The molecule has 6 nitrogen and oxygen atoms in total. The Morgan fingerprint density at radius 3 is 2.57 bits per heavy atom. The van der Waals surface area contributed by atoms with Gasteiger partial charge < -0.3 is 24.1 Å². The van der Waals surface area contributed by atoms with Crippen molar-refractivity contribution in [2.75, 3.05) is 13.7 Å². The van der Waals surface area contributed by atoms with Crippen molar-refractivity contribution < 1.29 is 24.1 Å². The van der Waals surface area contributed by atoms with Crippen LogP contribution in [-0.4, -0.2) is 23.9 Å². The van der Waals surface area contributed by atoms with Crippen LogP contribution >= 0.6 is 0 Å². The molecule has 0 fully saturated rings. The molecule has 0 saturated carbocycles. The second kappa shape index (κ2) is 8.69. The van der Waals surface area contributed by atoms with Crippen molar-refractivity contribution in [2.45, 2.75) is 32.6 Å². The molecule has 1 aromatic heterocycles. The predicted octanol–water partition coefficient (Wildman–Crippen LogP) is 4.84. The Morgan fingerprint density at radius 2 is 1.82 bits per heavy atom. The first-order valence-corrected chi connectivity index (χ1v) is 9.34. The Labute approximate surface area is 163 Å². The van der Waals surface area contributed by atoms with Crippen LogP contribution in [0.15, 0.2) is 45.6 Å². The lowest BCUT2D eigenvalue weighted by molar-refractivity contribution is 0.285. The summed E-state index contributed by atoms with van der Waals surface area (Å²) in [7, 11) is 1.57. The van der Waals surface area contributed by atoms with Crippen molar-refractivity contribution in [1.82, 2.24) is 0 Å². The topological polar surface area (TPSA) is 89.1 Å². The van der Waals surface area contributed by atoms with Crippen LogP contribution in [0.5, 0.6) is 23.0 Å². The molecule has 148 valence electrons. The third-order valence-corrected chi connectivity index (χ3v) is 4.50. The van der Waals surface area contributed by atoms with Gasteiger partial charge in [0.05, 0.1) is 13.7 Å². The lowest BCUT2D eigenvalue weighted by Gasteiger charge is -2.12. The quantitative estimate of drug-likeness (QED) is 0.540. The number of methoxy groups -OCH3 is 1. The van der Waals surface area contributed by atoms with Gasteiger partial charge in [-0.1, -0.05) is 26.2 Å². The fraction of sp³-hybridized carbons (Fsp3) is 0.318. The molecule has 0 aliphatic heterocycles. The van der Waals surface area contributed by atoms with Gasteiger partial charge in [0.25, 0.3) is 0 Å². The van der Waals surface area contributed by atoms with Gasteiger partial charge in [0.1, 0.15) is 28.2 Å². The summed E-state index contributed by atoms with van der Waals surface area (Å²) in [5, 5.41) is 19.6. The van der Waals surface area contributed by atoms with Crippen LogP contribution < -0.4 is 14.9 Å². The highest BCUT2D eigenvalue weighted by Gasteiger charge is 2.14. The van der Waals surface area contributed by atoms with Crippen molar-refractivity contribution in [3.8, 4) is 34.3 Å². The van der Waals surface area contributed by atoms with Crippen molar-refractivity contribution in [3.05, 3.63) is 46.6 Å². The minimum Gasteiger partial charge on any atom is -0.508 e. The summed E-state index contributed by atoms with van der Waals surface area (Å²) in [4.78, 5) is 12.4. The third kappa shape index (κ3) is 4.22. The molecule has 0 amide bonds. The molecule has 3 rings (SSSR count). The van der Waals surface area contributed by atoms with E-state index in [4.69, 9.17) is 13.9 Å². The Hall–Kier alpha value is -3.15. The maximum Gasteiger partial charge on any atom is 0.197 e. The van der Waals surface area contributed by atoms with Crippen LogP contribution in [0, 0.1) is 0 Å². The van der Waals surface area contributed by atoms with E-state index < -0.39 is 5.43 Å². The number of phenols is 2. The van der Waals surface area contributed by atoms with Gasteiger partial charge in [-0.3, -0.25) is 4.79 Å². The predicted molar refractivity (Wildman–Crippen MR) is 107 cm³/mol. The van der Waals surface area contributed by atoms with E-state index in [0.29, 0.717) is 29.4 Å². The van der Waals surface area contributed by atoms with Crippen molar-refractivity contribution in [1.29, 1.82) is 0 Å². The molecule has 28 heavy (non-hydrogen) atoms. The van der Waals surface area contributed by atoms with Gasteiger partial charge in [0.2, 0.25) is 0 Å². The van der Waals surface area contributed by atoms with Gasteiger partial charge >= 0.3 is 0 Å². The number of hydrogen-bond donors (Lipinski definition) is 2. The highest BCUT2D eigenvalue weighted by atomic mass is 16.5. The first-order valence-electron chi connectivity index (χ1n) is 9.34. The summed E-state index contributed by atoms with van der Waals surface area (Å²) in [5.74, 6) is 0.967. The van der Waals surface area contributed by atoms with Gasteiger partial charge in [-0.15, -0.1) is 0 Å². The van der Waals surface area contributed by atoms with E-state index in [0.717, 1.165) is 25.3 Å². The third-order valence-electron chi connectivity index (χ3n) is 4.50. The highest BCUT2D eigenvalue weighted by Crippen LogP contribution is 2.35. The number of ether oxygens (including phenoxy) is 2. The maximum atomic E-state index is 12.4. The number of phenolic OH excluding ortho intramolecular Hbond substituents is 2. The largest absolute Gasteiger partial charge is 0.508 e. The zero-order chi connectivity index (χ0) is 20.1. The minimum atomic E-state index is -0.397. The summed E-state index contributed by atoms with van der Waals surface area (Å²) < 4.78 is 17.0. The average molecular weight is 384 g/mol. The maximum absolute atomic E-state index is 12.4. The van der Waals surface area contributed by atoms with Crippen molar-refractivity contribution >= 4 is 11.0 Å². The number of aromatic hydroxyl groups is 2. The molecule has 0 spiro atoms. The number of unbranched alkanes of at least 4 members (excludes halogenated alkanes) is 3. The molecule has 0 unspecified atom stereocenters. The van der Waals surface area contributed by atoms with E-state index in [9.17, 15) is 15.0 Å². The van der Waals surface area contributed by atoms with Crippen LogP contribution in [0.2, 0.25) is 0 Å². The fourth-order valence-electron chi connectivity index (χ4n) is 3.05. The van der Waals surface area contributed by atoms with Crippen LogP contribution in [0.1, 0.15) is 32.6 Å². The van der Waals surface area contributed by atoms with Gasteiger partial charge in [0, 0.05) is 23.8 Å². The SMILES string of the molecule is CCCCCCOc1cc(-c2cc(=O)c3c(O)cc(O)cc3o2)ccc1OC. The summed E-state index contributed by atoms with van der Waals surface area (Å²) >= 11 is 0. The van der Waals surface area contributed by atoms with E-state index in [1.807, 2.05) is 0 Å². The second-order valence-electron chi connectivity index (χ2n) is 6.59. The van der Waals surface area contributed by atoms with Gasteiger partial charge in [0.15, 0.2) is 16.9 Å². The number of rotatable bonds is 8. The Morgan fingerprint density at radius 1 is 1.00 bits per heavy atom. The van der Waals surface area contributed by atoms with E-state index in [1.54, 1.807) is 25.3 Å². The van der Waals surface area contributed by atoms with E-state index in [-0.39, 0.29) is 22.5 Å². The average Bonchev–Trinajstić information content (AvgIpc) is 2.66. The summed E-state index contributed by atoms with van der Waals surface area (Å²) in [5.41, 5.74) is 0.343. The summed E-state index contributed by atoms with van der Waals surface area (Å²) in [6, 6.07) is 8.99. The first-order chi connectivity index (χ1) is 13.5. The molecule has 0 bridgehead atoms. The van der Waals surface area contributed by atoms with Crippen LogP contribution in [0.25, 0.3) is 22.3 Å². The van der Waals surface area contributed by atoms with Crippen LogP contribution in [0.3, 0.4) is 0 Å². The van der Waals surface area contributed by atoms with Gasteiger partial charge in [-0.2, -0.15) is 0 Å². The Bertz CT molecular complexity index is 1020. The second-order valence-corrected chi connectivity index (χ2v) is 6.59. The van der Waals surface area contributed by atoms with Crippen molar-refractivity contribution in [3.63, 3.8) is 0 Å². The first kappa shape index (κ1) is 19.6. The molecule has 2 N–H and O–H groups in total. The monoisotopic (exact) mass is 384 g/mol. The lowest BCUT2D eigenvalue weighted by Crippen LogP contribution is -2.02. The van der Waals surface area contributed by atoms with Gasteiger partial charge in [-0.05, 0) is 24.6 Å². The standard InChI is InChI=1S/C22H24O6/c1-3-4-5-6-9-27-20-10-14(7-8-18(20)26-2)19-13-17(25)22-16(24)11-15(23)12-21(22)28-19/h7-8,10-13,23-24H,3-6,9H2,1-2H3. The number of benzene rings is 2. The number of hydrogen-bond acceptors (Lipinski definition) is 6. The normalized spacial score (nSPS) is 10.9. The van der Waals surface area contributed by atoms with E-state index >= 15 is 0 Å². The zero-order valence-electron chi connectivity index (χ0n) is 16.0. The van der Waals surface area contributed by atoms with Crippen molar-refractivity contribution in [2.24, 2.45) is 0 Å². The highest BCUT2D eigenvalue weighted by molar-refractivity contribution is 5.86. The molecule has 0 atom stereocenters. The smallest absolute Gasteiger partial charge is 0.197 e. The van der Waals surface area contributed by atoms with E-state index in [1.165, 1.54) is 18.6 Å². The summed E-state index contributed by atoms with van der Waals surface area (Å²) in [6.45, 7) is 2.73. The minimum absolute atomic E-state index is 0.0301. The Balaban J connectivity index is 1.95. The molecule has 0 aliphatic rings. The molecule has 0 saturated heterocycles. The number of fused-ring (bicyclic) bond motifs is 1. The molecule has 3 aromatic rings. The molecule has 6 heteroatoms. The molecular formula is C22H24O6. The Kier molecular flexibility index (Phi) is 6.09. The molecular weight excluding hydrogens is 360 g/mol. The summed E-state index contributed by atoms with van der Waals surface area (Å²) in [6.07, 6.45) is 4.38. The van der Waals surface area contributed by atoms with E-state index in [2.05, 4.69) is 6.92 Å². The van der Waals surface area contributed by atoms with Crippen LogP contribution in [0.4, 0.5) is 0 Å². The zero-order valence-corrected chi connectivity index (χ0v) is 16.0. The van der Waals surface area contributed by atoms with Crippen LogP contribution in [-0.2, 0) is 0 Å². The molecule has 2 aromatic carbocycles.